The summed E-state index contributed by atoms with van der Waals surface area (Å²) in [4.78, 5) is 4.80. The number of benzene rings is 4. The van der Waals surface area contributed by atoms with E-state index in [0.717, 1.165) is 38.8 Å². The van der Waals surface area contributed by atoms with Crippen molar-refractivity contribution in [3.8, 4) is 33.5 Å². The molecule has 0 aliphatic carbocycles. The van der Waals surface area contributed by atoms with Crippen molar-refractivity contribution in [1.29, 1.82) is 0 Å². The van der Waals surface area contributed by atoms with Crippen molar-refractivity contribution in [2.45, 2.75) is 40.5 Å². The van der Waals surface area contributed by atoms with Crippen LogP contribution in [-0.2, 0) is 0 Å². The third kappa shape index (κ3) is 4.31. The van der Waals surface area contributed by atoms with Crippen LogP contribution in [0.25, 0.3) is 55.4 Å². The lowest BCUT2D eigenvalue weighted by Crippen LogP contribution is -2.02. The fourth-order valence-electron chi connectivity index (χ4n) is 5.52. The third-order valence-electron chi connectivity index (χ3n) is 7.85. The largest absolute Gasteiger partial charge is 0.455 e. The zero-order valence-corrected chi connectivity index (χ0v) is 22.7. The van der Waals surface area contributed by atoms with Crippen molar-refractivity contribution >= 4 is 21.9 Å². The molecule has 0 aliphatic rings. The molecule has 6 rings (SSSR count). The SMILES string of the molecule is Cc1cc(C)cc(-c2ccc3c(c2)oc2c(-c4cc(C(C)C(C)C)ccn4)ccc(-c4ccccc4)c23)c1. The van der Waals surface area contributed by atoms with E-state index in [1.165, 1.54) is 33.4 Å². The van der Waals surface area contributed by atoms with Crippen LogP contribution in [0.4, 0.5) is 0 Å². The maximum atomic E-state index is 6.73. The van der Waals surface area contributed by atoms with Crippen LogP contribution >= 0.6 is 0 Å². The maximum Gasteiger partial charge on any atom is 0.145 e. The average molecular weight is 496 g/mol. The molecule has 0 bridgehead atoms. The van der Waals surface area contributed by atoms with Crippen LogP contribution in [0.3, 0.4) is 0 Å². The highest BCUT2D eigenvalue weighted by Crippen LogP contribution is 2.42. The minimum atomic E-state index is 0.451. The van der Waals surface area contributed by atoms with Gasteiger partial charge in [-0.05, 0) is 83.8 Å². The quantitative estimate of drug-likeness (QED) is 0.238. The summed E-state index contributed by atoms with van der Waals surface area (Å²) in [5, 5.41) is 2.26. The Labute approximate surface area is 225 Å². The van der Waals surface area contributed by atoms with Gasteiger partial charge in [-0.2, -0.15) is 0 Å². The summed E-state index contributed by atoms with van der Waals surface area (Å²) in [5.41, 5.74) is 12.3. The molecule has 2 heteroatoms. The van der Waals surface area contributed by atoms with Gasteiger partial charge in [-0.1, -0.05) is 92.6 Å². The van der Waals surface area contributed by atoms with Gasteiger partial charge in [-0.15, -0.1) is 0 Å². The van der Waals surface area contributed by atoms with E-state index in [2.05, 4.69) is 126 Å². The molecule has 6 aromatic rings. The molecule has 1 unspecified atom stereocenters. The molecular formula is C36H33NO. The van der Waals surface area contributed by atoms with Gasteiger partial charge in [0, 0.05) is 22.5 Å². The van der Waals surface area contributed by atoms with Crippen molar-refractivity contribution in [3.05, 3.63) is 114 Å². The second-order valence-corrected chi connectivity index (χ2v) is 10.9. The lowest BCUT2D eigenvalue weighted by Gasteiger charge is -2.16. The van der Waals surface area contributed by atoms with Crippen LogP contribution in [0, 0.1) is 19.8 Å². The van der Waals surface area contributed by atoms with Gasteiger partial charge < -0.3 is 4.42 Å². The summed E-state index contributed by atoms with van der Waals surface area (Å²) in [6, 6.07) is 32.7. The van der Waals surface area contributed by atoms with Crippen molar-refractivity contribution in [3.63, 3.8) is 0 Å². The molecule has 0 amide bonds. The number of hydrogen-bond donors (Lipinski definition) is 0. The molecule has 0 fully saturated rings. The van der Waals surface area contributed by atoms with Gasteiger partial charge in [0.25, 0.3) is 0 Å². The highest BCUT2D eigenvalue weighted by molar-refractivity contribution is 6.16. The standard InChI is InChI=1S/C36H33NO/c1-22(2)25(5)27-15-16-37-33(20-27)31-14-13-30(26-9-7-6-8-10-26)35-32-12-11-28(21-34(32)38-36(31)35)29-18-23(3)17-24(4)19-29/h6-22,25H,1-5H3. The van der Waals surface area contributed by atoms with Crippen LogP contribution in [0.2, 0.25) is 0 Å². The Morgan fingerprint density at radius 2 is 1.39 bits per heavy atom. The van der Waals surface area contributed by atoms with E-state index >= 15 is 0 Å². The molecule has 0 spiro atoms. The van der Waals surface area contributed by atoms with E-state index < -0.39 is 0 Å². The van der Waals surface area contributed by atoms with Crippen molar-refractivity contribution < 1.29 is 4.42 Å². The summed E-state index contributed by atoms with van der Waals surface area (Å²) in [6.45, 7) is 11.1. The molecule has 2 heterocycles. The second kappa shape index (κ2) is 9.61. The van der Waals surface area contributed by atoms with Gasteiger partial charge in [0.2, 0.25) is 0 Å². The fourth-order valence-corrected chi connectivity index (χ4v) is 5.52. The van der Waals surface area contributed by atoms with E-state index in [1.54, 1.807) is 0 Å². The van der Waals surface area contributed by atoms with Crippen molar-refractivity contribution in [1.82, 2.24) is 4.98 Å². The molecule has 2 aromatic heterocycles. The number of fused-ring (bicyclic) bond motifs is 3. The van der Waals surface area contributed by atoms with Crippen LogP contribution in [-0.4, -0.2) is 4.98 Å². The third-order valence-corrected chi connectivity index (χ3v) is 7.85. The molecular weight excluding hydrogens is 462 g/mol. The van der Waals surface area contributed by atoms with Gasteiger partial charge in [0.15, 0.2) is 0 Å². The van der Waals surface area contributed by atoms with Gasteiger partial charge in [-0.3, -0.25) is 4.98 Å². The Balaban J connectivity index is 1.61. The van der Waals surface area contributed by atoms with Crippen molar-refractivity contribution in [2.75, 3.05) is 0 Å². The van der Waals surface area contributed by atoms with E-state index in [1.807, 2.05) is 6.20 Å². The highest BCUT2D eigenvalue weighted by atomic mass is 16.3. The monoisotopic (exact) mass is 495 g/mol. The minimum Gasteiger partial charge on any atom is -0.455 e. The number of pyridine rings is 1. The molecule has 0 aliphatic heterocycles. The summed E-state index contributed by atoms with van der Waals surface area (Å²) >= 11 is 0. The highest BCUT2D eigenvalue weighted by Gasteiger charge is 2.19. The molecule has 0 N–H and O–H groups in total. The fraction of sp³-hybridized carbons (Fsp3) is 0.194. The predicted octanol–water partition coefficient (Wildman–Crippen LogP) is 10.4. The number of furan rings is 1. The van der Waals surface area contributed by atoms with Crippen LogP contribution in [0.15, 0.2) is 102 Å². The summed E-state index contributed by atoms with van der Waals surface area (Å²) in [5.74, 6) is 1.01. The van der Waals surface area contributed by atoms with E-state index in [4.69, 9.17) is 9.40 Å². The Hall–Kier alpha value is -4.17. The normalized spacial score (nSPS) is 12.5. The number of rotatable bonds is 5. The molecule has 0 saturated heterocycles. The zero-order chi connectivity index (χ0) is 26.4. The van der Waals surface area contributed by atoms with E-state index in [0.29, 0.717) is 11.8 Å². The van der Waals surface area contributed by atoms with Gasteiger partial charge in [0.05, 0.1) is 5.69 Å². The van der Waals surface area contributed by atoms with Gasteiger partial charge in [0.1, 0.15) is 11.2 Å². The van der Waals surface area contributed by atoms with Crippen LogP contribution < -0.4 is 0 Å². The Morgan fingerprint density at radius 3 is 2.13 bits per heavy atom. The summed E-state index contributed by atoms with van der Waals surface area (Å²) < 4.78 is 6.73. The second-order valence-electron chi connectivity index (χ2n) is 10.9. The minimum absolute atomic E-state index is 0.451. The Morgan fingerprint density at radius 1 is 0.658 bits per heavy atom. The van der Waals surface area contributed by atoms with Crippen molar-refractivity contribution in [2.24, 2.45) is 5.92 Å². The zero-order valence-electron chi connectivity index (χ0n) is 22.7. The molecule has 1 atom stereocenters. The molecule has 0 radical (unpaired) electrons. The first kappa shape index (κ1) is 24.2. The number of hydrogen-bond acceptors (Lipinski definition) is 2. The smallest absolute Gasteiger partial charge is 0.145 e. The molecule has 4 aromatic carbocycles. The maximum absolute atomic E-state index is 6.73. The number of aryl methyl sites for hydroxylation is 2. The average Bonchev–Trinajstić information content (AvgIpc) is 3.31. The van der Waals surface area contributed by atoms with Crippen LogP contribution in [0.5, 0.6) is 0 Å². The summed E-state index contributed by atoms with van der Waals surface area (Å²) in [7, 11) is 0. The Kier molecular flexibility index (Phi) is 6.12. The molecule has 2 nitrogen and oxygen atoms in total. The number of nitrogens with zero attached hydrogens (tertiary/aromatic N) is 1. The topological polar surface area (TPSA) is 26.0 Å². The predicted molar refractivity (Wildman–Crippen MR) is 161 cm³/mol. The first-order valence-corrected chi connectivity index (χ1v) is 13.5. The first-order valence-electron chi connectivity index (χ1n) is 13.5. The molecule has 0 saturated carbocycles. The lowest BCUT2D eigenvalue weighted by molar-refractivity contribution is 0.535. The van der Waals surface area contributed by atoms with E-state index in [9.17, 15) is 0 Å². The van der Waals surface area contributed by atoms with Crippen LogP contribution in [0.1, 0.15) is 43.4 Å². The van der Waals surface area contributed by atoms with E-state index in [-0.39, 0.29) is 0 Å². The molecule has 38 heavy (non-hydrogen) atoms. The van der Waals surface area contributed by atoms with Gasteiger partial charge >= 0.3 is 0 Å². The van der Waals surface area contributed by atoms with Gasteiger partial charge in [-0.25, -0.2) is 0 Å². The first-order chi connectivity index (χ1) is 18.4. The molecule has 188 valence electrons. The summed E-state index contributed by atoms with van der Waals surface area (Å²) in [6.07, 6.45) is 1.93. The Bertz CT molecular complexity index is 1750. The lowest BCUT2D eigenvalue weighted by atomic mass is 9.89. The number of aromatic nitrogens is 1.